The molecule has 0 aliphatic carbocycles. The smallest absolute Gasteiger partial charge is 0.393 e. The Kier molecular flexibility index (Phi) is 9.20. The number of halogens is 5. The number of nitrogens with zero attached hydrogens (tertiary/aromatic N) is 6. The van der Waals surface area contributed by atoms with Crippen molar-refractivity contribution in [2.24, 2.45) is 5.41 Å². The number of fused-ring (bicyclic) bond motifs is 1. The maximum atomic E-state index is 15.7. The Hall–Kier alpha value is -3.83. The van der Waals surface area contributed by atoms with Gasteiger partial charge in [0.1, 0.15) is 31.4 Å². The largest absolute Gasteiger partial charge is 0.477 e. The second-order valence-corrected chi connectivity index (χ2v) is 12.9. The van der Waals surface area contributed by atoms with Gasteiger partial charge in [-0.15, -0.1) is 0 Å². The molecule has 2 atom stereocenters. The van der Waals surface area contributed by atoms with Crippen LogP contribution in [0.25, 0.3) is 5.65 Å². The average Bonchev–Trinajstić information content (AvgIpc) is 3.60. The van der Waals surface area contributed by atoms with Crippen molar-refractivity contribution in [1.82, 2.24) is 40.4 Å². The second kappa shape index (κ2) is 12.1. The van der Waals surface area contributed by atoms with Crippen molar-refractivity contribution >= 4 is 49.0 Å². The number of urea groups is 1. The first-order valence-electron chi connectivity index (χ1n) is 14.3. The molecule has 3 amide bonds. The van der Waals surface area contributed by atoms with Crippen LogP contribution in [0.5, 0.6) is 5.88 Å². The van der Waals surface area contributed by atoms with E-state index in [1.54, 1.807) is 0 Å². The van der Waals surface area contributed by atoms with Gasteiger partial charge in [0.2, 0.25) is 5.69 Å². The lowest BCUT2D eigenvalue weighted by molar-refractivity contribution is -0.214. The topological polar surface area (TPSA) is 149 Å². The maximum absolute atomic E-state index is 15.7. The van der Waals surface area contributed by atoms with Gasteiger partial charge in [-0.3, -0.25) is 4.79 Å². The number of methoxy groups -OCH3 is 2. The van der Waals surface area contributed by atoms with Crippen LogP contribution in [-0.4, -0.2) is 117 Å². The van der Waals surface area contributed by atoms with Gasteiger partial charge in [0, 0.05) is 23.3 Å². The molecular formula is C24H33B4F5N8O5. The number of rotatable bonds is 11. The third-order valence-corrected chi connectivity index (χ3v) is 8.53. The molecule has 1 aliphatic rings. The Morgan fingerprint density at radius 3 is 2.46 bits per heavy atom. The highest BCUT2D eigenvalue weighted by Crippen LogP contribution is 2.44. The summed E-state index contributed by atoms with van der Waals surface area (Å²) >= 11 is 0. The highest BCUT2D eigenvalue weighted by Gasteiger charge is 2.65. The highest BCUT2D eigenvalue weighted by atomic mass is 19.4. The van der Waals surface area contributed by atoms with Crippen LogP contribution in [0, 0.1) is 5.41 Å². The van der Waals surface area contributed by atoms with Gasteiger partial charge >= 0.3 is 12.2 Å². The Morgan fingerprint density at radius 2 is 1.85 bits per heavy atom. The van der Waals surface area contributed by atoms with E-state index in [0.29, 0.717) is 5.56 Å². The van der Waals surface area contributed by atoms with E-state index in [2.05, 4.69) is 35.7 Å². The fourth-order valence-electron chi connectivity index (χ4n) is 5.47. The summed E-state index contributed by atoms with van der Waals surface area (Å²) in [6.45, 7) is 1.93. The van der Waals surface area contributed by atoms with Gasteiger partial charge in [-0.2, -0.15) is 18.3 Å². The molecule has 4 rings (SSSR count). The van der Waals surface area contributed by atoms with Crippen molar-refractivity contribution in [3.05, 3.63) is 35.4 Å². The van der Waals surface area contributed by atoms with E-state index in [-0.39, 0.29) is 42.4 Å². The molecule has 1 saturated heterocycles. The minimum absolute atomic E-state index is 0.152. The molecule has 0 bridgehead atoms. The number of hydrogen-bond acceptors (Lipinski definition) is 9. The van der Waals surface area contributed by atoms with Crippen molar-refractivity contribution in [2.45, 2.75) is 61.5 Å². The molecule has 46 heavy (non-hydrogen) atoms. The maximum Gasteiger partial charge on any atom is 0.393 e. The lowest BCUT2D eigenvalue weighted by atomic mass is 9.43. The molecule has 3 aromatic heterocycles. The summed E-state index contributed by atoms with van der Waals surface area (Å²) < 4.78 is 88.6. The van der Waals surface area contributed by atoms with Crippen LogP contribution >= 0.6 is 0 Å². The summed E-state index contributed by atoms with van der Waals surface area (Å²) in [5, 5.41) is 12.5. The molecule has 0 unspecified atom stereocenters. The van der Waals surface area contributed by atoms with Crippen LogP contribution in [-0.2, 0) is 4.74 Å². The number of aromatic nitrogens is 5. The molecule has 1 fully saturated rings. The minimum Gasteiger partial charge on any atom is -0.477 e. The van der Waals surface area contributed by atoms with Crippen molar-refractivity contribution < 1.29 is 45.6 Å². The zero-order chi connectivity index (χ0) is 34.5. The summed E-state index contributed by atoms with van der Waals surface area (Å²) in [6, 6.07) is -1.33. The Labute approximate surface area is 264 Å². The second-order valence-electron chi connectivity index (χ2n) is 12.9. The molecule has 22 heteroatoms. The van der Waals surface area contributed by atoms with Gasteiger partial charge in [-0.1, -0.05) is 13.8 Å². The SMILES string of the molecule is BC1(B)NC(=O)N([C@H](COC)c2cnn3cc([C@H](CCC(C)(C)C(F)(F)F)NC(=O)c4nonc4OC)nc3c2)C(B)(B)C1(F)F. The lowest BCUT2D eigenvalue weighted by Gasteiger charge is -2.57. The zero-order valence-electron chi connectivity index (χ0n) is 26.6. The van der Waals surface area contributed by atoms with Crippen LogP contribution in [0.4, 0.5) is 26.7 Å². The van der Waals surface area contributed by atoms with E-state index >= 15 is 8.78 Å². The van der Waals surface area contributed by atoms with Crippen LogP contribution in [0.2, 0.25) is 0 Å². The third kappa shape index (κ3) is 6.14. The first-order valence-corrected chi connectivity index (χ1v) is 14.3. The molecule has 13 nitrogen and oxygen atoms in total. The van der Waals surface area contributed by atoms with Crippen molar-refractivity contribution in [1.29, 1.82) is 0 Å². The van der Waals surface area contributed by atoms with Gasteiger partial charge in [-0.05, 0) is 29.2 Å². The predicted molar refractivity (Wildman–Crippen MR) is 163 cm³/mol. The standard InChI is InChI=1S/C24H33B4F5N8O5/c1-20(2,24(31,32)33)6-5-12(36-17(42)16-18(45-4)39-46-38-16)13-9-40-15(35-13)7-11(8-34-40)14(10-44-3)41-19(43)37-22(25,26)21(29,30)23(41,27)28/h7-9,12,14H,5-6,10,25-28H2,1-4H3,(H,36,42)(H,37,43)/t12-,14+/m0/s1. The fraction of sp³-hybridized carbons (Fsp3) is 0.583. The van der Waals surface area contributed by atoms with E-state index in [9.17, 15) is 22.8 Å². The predicted octanol–water partition coefficient (Wildman–Crippen LogP) is -0.851. The number of carbonyl (C=O) groups excluding carboxylic acids is 2. The van der Waals surface area contributed by atoms with Crippen LogP contribution in [0.15, 0.2) is 23.1 Å². The summed E-state index contributed by atoms with van der Waals surface area (Å²) in [4.78, 5) is 31.8. The number of amides is 3. The molecule has 0 saturated carbocycles. The summed E-state index contributed by atoms with van der Waals surface area (Å²) in [7, 11) is 7.62. The first-order chi connectivity index (χ1) is 21.2. The zero-order valence-corrected chi connectivity index (χ0v) is 26.6. The molecule has 2 N–H and O–H groups in total. The minimum atomic E-state index is -4.52. The van der Waals surface area contributed by atoms with Crippen molar-refractivity contribution in [2.75, 3.05) is 20.8 Å². The van der Waals surface area contributed by atoms with Crippen LogP contribution in [0.3, 0.4) is 0 Å². The monoisotopic (exact) mass is 652 g/mol. The molecule has 3 aromatic rings. The molecule has 1 aliphatic heterocycles. The van der Waals surface area contributed by atoms with Gasteiger partial charge in [0.15, 0.2) is 5.65 Å². The van der Waals surface area contributed by atoms with Crippen molar-refractivity contribution in [3.63, 3.8) is 0 Å². The fourth-order valence-corrected chi connectivity index (χ4v) is 5.47. The average molecular weight is 652 g/mol. The van der Waals surface area contributed by atoms with E-state index in [1.807, 2.05) is 0 Å². The normalized spacial score (nSPS) is 19.0. The molecule has 0 spiro atoms. The number of imidazole rings is 1. The highest BCUT2D eigenvalue weighted by molar-refractivity contribution is 6.48. The number of nitrogens with one attached hydrogen (secondary N) is 2. The molecular weight excluding hydrogens is 619 g/mol. The van der Waals surface area contributed by atoms with E-state index in [4.69, 9.17) is 9.47 Å². The molecule has 0 radical (unpaired) electrons. The summed E-state index contributed by atoms with van der Waals surface area (Å²) in [6.07, 6.45) is -2.32. The van der Waals surface area contributed by atoms with E-state index < -0.39 is 52.2 Å². The number of hydrogen-bond donors (Lipinski definition) is 2. The third-order valence-electron chi connectivity index (χ3n) is 8.53. The van der Waals surface area contributed by atoms with E-state index in [0.717, 1.165) is 18.7 Å². The molecule has 246 valence electrons. The van der Waals surface area contributed by atoms with Gasteiger partial charge in [-0.25, -0.2) is 27.7 Å². The Balaban J connectivity index is 1.72. The van der Waals surface area contributed by atoms with Gasteiger partial charge in [0.25, 0.3) is 17.7 Å². The van der Waals surface area contributed by atoms with Crippen LogP contribution < -0.4 is 15.4 Å². The first kappa shape index (κ1) is 35.0. The number of alkyl halides is 5. The molecule has 4 heterocycles. The quantitative estimate of drug-likeness (QED) is 0.200. The summed E-state index contributed by atoms with van der Waals surface area (Å²) in [5.41, 5.74) is -1.79. The number of carbonyl (C=O) groups is 2. The van der Waals surface area contributed by atoms with Gasteiger partial charge < -0.3 is 25.0 Å². The number of ether oxygens (including phenoxy) is 2. The summed E-state index contributed by atoms with van der Waals surface area (Å²) in [5.74, 6) is -4.44. The van der Waals surface area contributed by atoms with Gasteiger partial charge in [0.05, 0.1) is 49.3 Å². The van der Waals surface area contributed by atoms with Crippen LogP contribution in [0.1, 0.15) is 60.5 Å². The molecule has 0 aromatic carbocycles. The Morgan fingerprint density at radius 1 is 1.17 bits per heavy atom. The lowest BCUT2D eigenvalue weighted by Crippen LogP contribution is -2.83. The van der Waals surface area contributed by atoms with Crippen molar-refractivity contribution in [3.8, 4) is 5.88 Å². The Bertz CT molecular complexity index is 1600. The van der Waals surface area contributed by atoms with E-state index in [1.165, 1.54) is 68.6 Å².